The predicted molar refractivity (Wildman–Crippen MR) is 206 cm³/mol. The summed E-state index contributed by atoms with van der Waals surface area (Å²) in [6, 6.07) is 55.5. The highest BCUT2D eigenvalue weighted by Gasteiger charge is 2.17. The Morgan fingerprint density at radius 1 is 0.300 bits per heavy atom. The van der Waals surface area contributed by atoms with Crippen molar-refractivity contribution >= 4 is 43.1 Å². The van der Waals surface area contributed by atoms with Crippen molar-refractivity contribution in [1.29, 1.82) is 0 Å². The molecule has 2 aromatic heterocycles. The van der Waals surface area contributed by atoms with Crippen LogP contribution in [0.5, 0.6) is 0 Å². The molecule has 0 amide bonds. The second-order valence-corrected chi connectivity index (χ2v) is 12.7. The molecule has 50 heavy (non-hydrogen) atoms. The fourth-order valence-electron chi connectivity index (χ4n) is 7.41. The van der Waals surface area contributed by atoms with Crippen LogP contribution >= 0.6 is 0 Å². The van der Waals surface area contributed by atoms with Gasteiger partial charge in [-0.05, 0) is 65.8 Å². The normalized spacial score (nSPS) is 11.6. The zero-order valence-corrected chi connectivity index (χ0v) is 27.0. The first-order chi connectivity index (χ1) is 24.8. The van der Waals surface area contributed by atoms with Crippen LogP contribution in [-0.2, 0) is 0 Å². The number of fused-ring (bicyclic) bond motifs is 1. The third kappa shape index (κ3) is 4.61. The lowest BCUT2D eigenvalue weighted by molar-refractivity contribution is 1.08. The summed E-state index contributed by atoms with van der Waals surface area (Å²) < 4.78 is 0. The molecule has 0 saturated heterocycles. The summed E-state index contributed by atoms with van der Waals surface area (Å²) in [4.78, 5) is 19.6. The SMILES string of the molecule is c1ccc(-c2nc(-c3ccc(-c4ccc5ccc6cccc7ccc4c5c67)cc3)nc(-c3cccc4c(-c5cccnc5)cccc34)n2)cc1. The van der Waals surface area contributed by atoms with Crippen molar-refractivity contribution in [2.24, 2.45) is 0 Å². The van der Waals surface area contributed by atoms with Gasteiger partial charge < -0.3 is 0 Å². The van der Waals surface area contributed by atoms with Crippen LogP contribution in [0.15, 0.2) is 170 Å². The van der Waals surface area contributed by atoms with E-state index in [-0.39, 0.29) is 0 Å². The smallest absolute Gasteiger partial charge is 0.164 e. The van der Waals surface area contributed by atoms with Crippen LogP contribution in [0.3, 0.4) is 0 Å². The van der Waals surface area contributed by atoms with Crippen molar-refractivity contribution in [3.63, 3.8) is 0 Å². The van der Waals surface area contributed by atoms with E-state index >= 15 is 0 Å². The van der Waals surface area contributed by atoms with Gasteiger partial charge in [-0.25, -0.2) is 15.0 Å². The van der Waals surface area contributed by atoms with Crippen LogP contribution in [0.2, 0.25) is 0 Å². The summed E-state index contributed by atoms with van der Waals surface area (Å²) in [5.74, 6) is 1.91. The molecule has 0 spiro atoms. The summed E-state index contributed by atoms with van der Waals surface area (Å²) >= 11 is 0. The van der Waals surface area contributed by atoms with Crippen LogP contribution in [-0.4, -0.2) is 19.9 Å². The van der Waals surface area contributed by atoms with Gasteiger partial charge in [-0.15, -0.1) is 0 Å². The molecule has 2 heterocycles. The molecule has 0 atom stereocenters. The van der Waals surface area contributed by atoms with E-state index in [4.69, 9.17) is 15.0 Å². The predicted octanol–water partition coefficient (Wildman–Crippen LogP) is 11.7. The lowest BCUT2D eigenvalue weighted by Gasteiger charge is -2.14. The average molecular weight is 637 g/mol. The quantitative estimate of drug-likeness (QED) is 0.176. The Morgan fingerprint density at radius 2 is 0.860 bits per heavy atom. The van der Waals surface area contributed by atoms with Crippen molar-refractivity contribution in [2.75, 3.05) is 0 Å². The molecule has 232 valence electrons. The van der Waals surface area contributed by atoms with Crippen LogP contribution < -0.4 is 0 Å². The Hall–Kier alpha value is -6.78. The second kappa shape index (κ2) is 11.4. The molecule has 0 aliphatic rings. The summed E-state index contributed by atoms with van der Waals surface area (Å²) in [5.41, 5.74) is 7.39. The Kier molecular flexibility index (Phi) is 6.46. The monoisotopic (exact) mass is 636 g/mol. The zero-order chi connectivity index (χ0) is 33.0. The molecule has 0 bridgehead atoms. The molecule has 0 saturated carbocycles. The molecule has 0 radical (unpaired) electrons. The minimum Gasteiger partial charge on any atom is -0.264 e. The van der Waals surface area contributed by atoms with Gasteiger partial charge in [-0.3, -0.25) is 4.98 Å². The first-order valence-electron chi connectivity index (χ1n) is 16.8. The molecule has 4 nitrogen and oxygen atoms in total. The molecule has 10 aromatic rings. The Balaban J connectivity index is 1.11. The Bertz CT molecular complexity index is 2830. The van der Waals surface area contributed by atoms with Gasteiger partial charge in [0.05, 0.1) is 0 Å². The van der Waals surface area contributed by atoms with E-state index < -0.39 is 0 Å². The molecule has 8 aromatic carbocycles. The molecule has 0 fully saturated rings. The fourth-order valence-corrected chi connectivity index (χ4v) is 7.41. The Labute approximate surface area is 288 Å². The number of nitrogens with zero attached hydrogens (tertiary/aromatic N) is 4. The highest BCUT2D eigenvalue weighted by molar-refractivity contribution is 6.25. The van der Waals surface area contributed by atoms with E-state index in [9.17, 15) is 0 Å². The van der Waals surface area contributed by atoms with Gasteiger partial charge in [0.1, 0.15) is 0 Å². The maximum Gasteiger partial charge on any atom is 0.164 e. The number of benzene rings is 8. The van der Waals surface area contributed by atoms with Gasteiger partial charge in [0.25, 0.3) is 0 Å². The van der Waals surface area contributed by atoms with E-state index in [1.54, 1.807) is 6.20 Å². The van der Waals surface area contributed by atoms with Crippen LogP contribution in [0.1, 0.15) is 0 Å². The molecule has 4 heteroatoms. The number of hydrogen-bond donors (Lipinski definition) is 0. The lowest BCUT2D eigenvalue weighted by Crippen LogP contribution is -2.00. The molecular weight excluding hydrogens is 609 g/mol. The molecule has 10 rings (SSSR count). The Morgan fingerprint density at radius 3 is 1.60 bits per heavy atom. The zero-order valence-electron chi connectivity index (χ0n) is 27.0. The number of pyridine rings is 1. The van der Waals surface area contributed by atoms with Crippen molar-refractivity contribution in [1.82, 2.24) is 19.9 Å². The lowest BCUT2D eigenvalue weighted by atomic mass is 9.90. The van der Waals surface area contributed by atoms with E-state index in [0.717, 1.165) is 44.2 Å². The maximum absolute atomic E-state index is 5.13. The number of hydrogen-bond acceptors (Lipinski definition) is 4. The minimum atomic E-state index is 0.635. The summed E-state index contributed by atoms with van der Waals surface area (Å²) in [5, 5.41) is 9.91. The minimum absolute atomic E-state index is 0.635. The molecule has 0 aliphatic carbocycles. The van der Waals surface area contributed by atoms with Gasteiger partial charge >= 0.3 is 0 Å². The standard InChI is InChI=1S/C46H28N4/c1-2-8-33(9-3-1)44-48-45(50-46(49-44)41-16-6-14-38-36(13-5-15-39(38)41)35-12-7-27-47-28-35)34-21-17-29(18-22-34)37-25-23-32-20-19-30-10-4-11-31-24-26-40(37)43(32)42(30)31/h1-28H. The van der Waals surface area contributed by atoms with E-state index in [2.05, 4.69) is 126 Å². The largest absolute Gasteiger partial charge is 0.264 e. The third-order valence-corrected chi connectivity index (χ3v) is 9.79. The van der Waals surface area contributed by atoms with Crippen LogP contribution in [0, 0.1) is 0 Å². The molecule has 0 aliphatic heterocycles. The first-order valence-corrected chi connectivity index (χ1v) is 16.8. The number of aromatic nitrogens is 4. The van der Waals surface area contributed by atoms with Gasteiger partial charge in [-0.1, -0.05) is 152 Å². The van der Waals surface area contributed by atoms with Gasteiger partial charge in [-0.2, -0.15) is 0 Å². The summed E-state index contributed by atoms with van der Waals surface area (Å²) in [6.07, 6.45) is 3.71. The van der Waals surface area contributed by atoms with Gasteiger partial charge in [0.2, 0.25) is 0 Å². The van der Waals surface area contributed by atoms with Gasteiger partial charge in [0.15, 0.2) is 17.5 Å². The molecular formula is C46H28N4. The molecule has 0 unspecified atom stereocenters. The van der Waals surface area contributed by atoms with E-state index in [0.29, 0.717) is 17.5 Å². The van der Waals surface area contributed by atoms with Crippen LogP contribution in [0.25, 0.3) is 99.5 Å². The van der Waals surface area contributed by atoms with Crippen molar-refractivity contribution in [2.45, 2.75) is 0 Å². The van der Waals surface area contributed by atoms with Crippen molar-refractivity contribution < 1.29 is 0 Å². The maximum atomic E-state index is 5.13. The first kappa shape index (κ1) is 28.3. The average Bonchev–Trinajstić information content (AvgIpc) is 3.20. The number of rotatable bonds is 5. The highest BCUT2D eigenvalue weighted by atomic mass is 15.0. The highest BCUT2D eigenvalue weighted by Crippen LogP contribution is 2.40. The summed E-state index contributed by atoms with van der Waals surface area (Å²) in [6.45, 7) is 0. The van der Waals surface area contributed by atoms with Crippen molar-refractivity contribution in [3.05, 3.63) is 170 Å². The van der Waals surface area contributed by atoms with E-state index in [1.165, 1.54) is 37.9 Å². The third-order valence-electron chi connectivity index (χ3n) is 9.79. The summed E-state index contributed by atoms with van der Waals surface area (Å²) in [7, 11) is 0. The fraction of sp³-hybridized carbons (Fsp3) is 0. The van der Waals surface area contributed by atoms with Crippen LogP contribution in [0.4, 0.5) is 0 Å². The van der Waals surface area contributed by atoms with Crippen molar-refractivity contribution in [3.8, 4) is 56.4 Å². The molecule has 0 N–H and O–H groups in total. The van der Waals surface area contributed by atoms with Gasteiger partial charge in [0, 0.05) is 34.6 Å². The topological polar surface area (TPSA) is 51.6 Å². The second-order valence-electron chi connectivity index (χ2n) is 12.7. The van der Waals surface area contributed by atoms with E-state index in [1.807, 2.05) is 42.6 Å².